The Balaban J connectivity index is 1.13. The topological polar surface area (TPSA) is 6.48 Å². The van der Waals surface area contributed by atoms with Crippen LogP contribution in [-0.2, 0) is 11.8 Å². The molecule has 2 aliphatic heterocycles. The predicted octanol–water partition coefficient (Wildman–Crippen LogP) is 16.9. The Kier molecular flexibility index (Phi) is 9.42. The summed E-state index contributed by atoms with van der Waals surface area (Å²) in [6, 6.07) is 14.7. The summed E-state index contributed by atoms with van der Waals surface area (Å²) in [5, 5.41) is 1.49. The standard InChI is InChI=1S/C66H81BN2S/c1-38-31-53-58-54(32-38)69(51-22-18-21-44-56(51)40-19-16-17-20-42(40)66(44,14)15)52-36-48-47(63(8,9)28-29-64(48,10)11)35-50(52)67(58)57-41-34-46-49(65(12,13)30-27-62(46,6)7)37-55(41)70-59(57)68(53)39-23-24-43-45(33-39)61(4,5)26-25-60(43,2)3/h16-17,19-21,23-24,31-33,35,37,43,45-46,48H,18,22,25-30,34,36H2,1-15H3. The zero-order valence-electron chi connectivity index (χ0n) is 45.7. The fourth-order valence-corrected chi connectivity index (χ4v) is 18.2. The molecule has 1 aromatic heterocycles. The summed E-state index contributed by atoms with van der Waals surface area (Å²) in [6.07, 6.45) is 28.2. The first-order chi connectivity index (χ1) is 32.8. The zero-order chi connectivity index (χ0) is 49.2. The van der Waals surface area contributed by atoms with Crippen LogP contribution in [0.3, 0.4) is 0 Å². The second kappa shape index (κ2) is 14.4. The van der Waals surface area contributed by atoms with Crippen molar-refractivity contribution in [3.63, 3.8) is 0 Å². The number of allylic oxidation sites excluding steroid dienone is 12. The number of hydrogen-bond donors (Lipinski definition) is 0. The first kappa shape index (κ1) is 45.8. The molecule has 2 aromatic carbocycles. The molecule has 70 heavy (non-hydrogen) atoms. The van der Waals surface area contributed by atoms with Crippen LogP contribution in [0.2, 0.25) is 0 Å². The lowest BCUT2D eigenvalue weighted by Crippen LogP contribution is -2.59. The van der Waals surface area contributed by atoms with Gasteiger partial charge in [0.25, 0.3) is 6.71 Å². The number of anilines is 3. The van der Waals surface area contributed by atoms with Gasteiger partial charge in [-0.2, -0.15) is 0 Å². The second-order valence-electron chi connectivity index (χ2n) is 29.0. The molecule has 0 amide bonds. The first-order valence-corrected chi connectivity index (χ1v) is 28.7. The summed E-state index contributed by atoms with van der Waals surface area (Å²) in [5.74, 6) is 2.05. The SMILES string of the molecule is Cc1cc2c3c(c1)N(C1=CC4C(C=C1)C(C)(C)CCC4(C)C)c1sc4c(c1B3C1=C(CC3C(=C1)C(C)(C)CCC3(C)C)N2C1=C2C(=CCC1)C(C)(C)c1ccccc12)CC1C(=C4)C(C)(C)CCC1(C)C. The predicted molar refractivity (Wildman–Crippen MR) is 302 cm³/mol. The fourth-order valence-electron chi connectivity index (χ4n) is 16.9. The van der Waals surface area contributed by atoms with E-state index < -0.39 is 0 Å². The average Bonchev–Trinajstić information content (AvgIpc) is 3.79. The van der Waals surface area contributed by atoms with E-state index in [-0.39, 0.29) is 44.6 Å². The molecule has 0 N–H and O–H groups in total. The summed E-state index contributed by atoms with van der Waals surface area (Å²) in [5.41, 5.74) is 25.9. The van der Waals surface area contributed by atoms with Gasteiger partial charge in [-0.1, -0.05) is 157 Å². The van der Waals surface area contributed by atoms with Gasteiger partial charge in [0.2, 0.25) is 0 Å². The second-order valence-corrected chi connectivity index (χ2v) is 30.0. The Morgan fingerprint density at radius 2 is 1.26 bits per heavy atom. The largest absolute Gasteiger partial charge is 0.318 e. The molecular weight excluding hydrogens is 864 g/mol. The van der Waals surface area contributed by atoms with Crippen LogP contribution in [0.5, 0.6) is 0 Å². The lowest BCUT2D eigenvalue weighted by atomic mass is 9.31. The van der Waals surface area contributed by atoms with Gasteiger partial charge in [-0.05, 0) is 196 Å². The van der Waals surface area contributed by atoms with E-state index >= 15 is 0 Å². The van der Waals surface area contributed by atoms with Crippen molar-refractivity contribution in [3.8, 4) is 0 Å². The zero-order valence-corrected chi connectivity index (χ0v) is 46.5. The highest BCUT2D eigenvalue weighted by molar-refractivity contribution is 7.20. The van der Waals surface area contributed by atoms with E-state index in [1.165, 1.54) is 99.0 Å². The van der Waals surface area contributed by atoms with Gasteiger partial charge in [0.1, 0.15) is 0 Å². The van der Waals surface area contributed by atoms with E-state index in [2.05, 4.69) is 198 Å². The molecule has 8 aliphatic carbocycles. The summed E-state index contributed by atoms with van der Waals surface area (Å²) in [6.45, 7) is 38.4. The number of rotatable bonds is 2. The van der Waals surface area contributed by atoms with Crippen molar-refractivity contribution in [2.75, 3.05) is 9.80 Å². The van der Waals surface area contributed by atoms with Crippen molar-refractivity contribution in [1.82, 2.24) is 0 Å². The van der Waals surface area contributed by atoms with Gasteiger partial charge in [0, 0.05) is 44.3 Å². The Labute approximate surface area is 427 Å². The van der Waals surface area contributed by atoms with Crippen molar-refractivity contribution in [2.24, 2.45) is 56.2 Å². The van der Waals surface area contributed by atoms with Crippen LogP contribution in [0, 0.1) is 63.1 Å². The van der Waals surface area contributed by atoms with Crippen LogP contribution in [-0.4, -0.2) is 6.71 Å². The van der Waals surface area contributed by atoms with E-state index in [1.54, 1.807) is 38.8 Å². The Hall–Kier alpha value is -4.02. The number of nitrogens with zero attached hydrogens (tertiary/aromatic N) is 2. The van der Waals surface area contributed by atoms with E-state index in [1.807, 2.05) is 0 Å². The number of fused-ring (bicyclic) bond motifs is 11. The van der Waals surface area contributed by atoms with Crippen LogP contribution in [0.15, 0.2) is 106 Å². The third-order valence-electron chi connectivity index (χ3n) is 21.7. The molecular formula is C66H81BN2S. The molecule has 4 atom stereocenters. The summed E-state index contributed by atoms with van der Waals surface area (Å²) in [7, 11) is 0. The van der Waals surface area contributed by atoms with Gasteiger partial charge in [0.15, 0.2) is 0 Å². The van der Waals surface area contributed by atoms with Crippen LogP contribution in [0.4, 0.5) is 16.4 Å². The molecule has 13 rings (SSSR count). The van der Waals surface area contributed by atoms with Gasteiger partial charge >= 0.3 is 0 Å². The van der Waals surface area contributed by atoms with Crippen molar-refractivity contribution >= 4 is 57.0 Å². The highest BCUT2D eigenvalue weighted by atomic mass is 32.1. The van der Waals surface area contributed by atoms with E-state index in [0.717, 1.165) is 25.7 Å². The minimum atomic E-state index is -0.0391. The Morgan fingerprint density at radius 3 is 1.96 bits per heavy atom. The highest BCUT2D eigenvalue weighted by Crippen LogP contribution is 2.63. The summed E-state index contributed by atoms with van der Waals surface area (Å²) >= 11 is 2.14. The monoisotopic (exact) mass is 945 g/mol. The third-order valence-corrected chi connectivity index (χ3v) is 22.9. The number of hydrogen-bond acceptors (Lipinski definition) is 3. The molecule has 3 saturated carbocycles. The summed E-state index contributed by atoms with van der Waals surface area (Å²) in [4.78, 5) is 7.33. The maximum atomic E-state index is 2.95. The number of benzene rings is 2. The maximum Gasteiger partial charge on any atom is 0.253 e. The van der Waals surface area contributed by atoms with E-state index in [0.29, 0.717) is 23.7 Å². The van der Waals surface area contributed by atoms with E-state index in [4.69, 9.17) is 0 Å². The van der Waals surface area contributed by atoms with Crippen molar-refractivity contribution < 1.29 is 0 Å². The molecule has 364 valence electrons. The molecule has 3 fully saturated rings. The quantitative estimate of drug-likeness (QED) is 0.236. The first-order valence-electron chi connectivity index (χ1n) is 27.8. The lowest BCUT2D eigenvalue weighted by Gasteiger charge is -2.54. The van der Waals surface area contributed by atoms with Crippen molar-refractivity contribution in [1.29, 1.82) is 0 Å². The molecule has 2 nitrogen and oxygen atoms in total. The normalized spacial score (nSPS) is 30.2. The van der Waals surface area contributed by atoms with Crippen LogP contribution >= 0.6 is 11.3 Å². The Morgan fingerprint density at radius 1 is 0.643 bits per heavy atom. The third kappa shape index (κ3) is 6.16. The summed E-state index contributed by atoms with van der Waals surface area (Å²) < 4.78 is 0. The molecule has 4 heteroatoms. The smallest absolute Gasteiger partial charge is 0.253 e. The van der Waals surface area contributed by atoms with Crippen LogP contribution in [0.1, 0.15) is 182 Å². The van der Waals surface area contributed by atoms with Gasteiger partial charge in [-0.15, -0.1) is 11.3 Å². The highest BCUT2D eigenvalue weighted by Gasteiger charge is 2.56. The maximum absolute atomic E-state index is 2.95. The van der Waals surface area contributed by atoms with Gasteiger partial charge in [0.05, 0.1) is 5.00 Å². The van der Waals surface area contributed by atoms with Gasteiger partial charge < -0.3 is 9.80 Å². The number of aryl methyl sites for hydroxylation is 1. The lowest BCUT2D eigenvalue weighted by molar-refractivity contribution is 0.0327. The van der Waals surface area contributed by atoms with Crippen molar-refractivity contribution in [3.05, 3.63) is 133 Å². The van der Waals surface area contributed by atoms with Gasteiger partial charge in [-0.3, -0.25) is 0 Å². The minimum Gasteiger partial charge on any atom is -0.318 e. The number of thiophene rings is 1. The molecule has 4 unspecified atom stereocenters. The molecule has 0 saturated heterocycles. The average molecular weight is 945 g/mol. The molecule has 0 bridgehead atoms. The van der Waals surface area contributed by atoms with Crippen LogP contribution in [0.25, 0.3) is 11.6 Å². The van der Waals surface area contributed by atoms with E-state index in [9.17, 15) is 0 Å². The van der Waals surface area contributed by atoms with Crippen LogP contribution < -0.4 is 20.7 Å². The van der Waals surface area contributed by atoms with Gasteiger partial charge in [-0.25, -0.2) is 0 Å². The fraction of sp³-hybridized carbons (Fsp3) is 0.545. The Bertz CT molecular complexity index is 3080. The van der Waals surface area contributed by atoms with Crippen molar-refractivity contribution in [2.45, 2.75) is 173 Å². The molecule has 0 spiro atoms. The minimum absolute atomic E-state index is 0.0391. The molecule has 3 heterocycles. The molecule has 0 radical (unpaired) electrons. The molecule has 10 aliphatic rings. The molecule has 3 aromatic rings.